The van der Waals surface area contributed by atoms with Crippen molar-refractivity contribution in [1.82, 2.24) is 4.57 Å². The highest BCUT2D eigenvalue weighted by Crippen LogP contribution is 2.17. The van der Waals surface area contributed by atoms with Crippen LogP contribution in [0, 0.1) is 10.1 Å². The van der Waals surface area contributed by atoms with Crippen LogP contribution < -0.4 is 5.43 Å². The second kappa shape index (κ2) is 6.57. The van der Waals surface area contributed by atoms with Crippen LogP contribution in [-0.4, -0.2) is 15.7 Å². The minimum Gasteiger partial charge on any atom is -0.316 e. The number of nitrogens with zero attached hydrogens (tertiary/aromatic N) is 3. The Kier molecular flexibility index (Phi) is 4.15. The number of rotatable bonds is 5. The lowest BCUT2D eigenvalue weighted by Crippen LogP contribution is -1.99. The van der Waals surface area contributed by atoms with Gasteiger partial charge in [-0.2, -0.15) is 5.10 Å². The van der Waals surface area contributed by atoms with E-state index in [1.807, 2.05) is 53.2 Å². The Labute approximate surface area is 132 Å². The summed E-state index contributed by atoms with van der Waals surface area (Å²) < 4.78 is 1.90. The quantitative estimate of drug-likeness (QED) is 0.442. The highest BCUT2D eigenvalue weighted by Gasteiger charge is 2.06. The van der Waals surface area contributed by atoms with Gasteiger partial charge in [0.2, 0.25) is 0 Å². The van der Waals surface area contributed by atoms with Crippen molar-refractivity contribution in [2.24, 2.45) is 5.10 Å². The standard InChI is InChI=1S/C17H14N4O2/c22-21(23)16-10-8-15(9-11-16)20-12-4-7-17(20)13-18-19-14-5-2-1-3-6-14/h1-13,19H/b18-13-. The number of aromatic nitrogens is 1. The average molecular weight is 306 g/mol. The molecule has 0 saturated heterocycles. The molecule has 0 atom stereocenters. The molecule has 23 heavy (non-hydrogen) atoms. The number of hydrogen-bond donors (Lipinski definition) is 1. The summed E-state index contributed by atoms with van der Waals surface area (Å²) in [6.07, 6.45) is 3.58. The lowest BCUT2D eigenvalue weighted by atomic mass is 10.3. The smallest absolute Gasteiger partial charge is 0.269 e. The van der Waals surface area contributed by atoms with E-state index in [1.165, 1.54) is 12.1 Å². The molecule has 0 bridgehead atoms. The van der Waals surface area contributed by atoms with Crippen molar-refractivity contribution in [1.29, 1.82) is 0 Å². The maximum atomic E-state index is 10.7. The fourth-order valence-electron chi connectivity index (χ4n) is 2.16. The summed E-state index contributed by atoms with van der Waals surface area (Å²) in [5, 5.41) is 14.9. The molecule has 0 fully saturated rings. The molecule has 0 spiro atoms. The summed E-state index contributed by atoms with van der Waals surface area (Å²) >= 11 is 0. The average Bonchev–Trinajstić information content (AvgIpc) is 3.04. The molecule has 1 N–H and O–H groups in total. The number of non-ortho nitro benzene ring substituents is 1. The van der Waals surface area contributed by atoms with E-state index in [0.29, 0.717) is 0 Å². The summed E-state index contributed by atoms with van der Waals surface area (Å²) in [4.78, 5) is 10.3. The van der Waals surface area contributed by atoms with Gasteiger partial charge in [0.15, 0.2) is 0 Å². The van der Waals surface area contributed by atoms with Gasteiger partial charge in [-0.25, -0.2) is 0 Å². The number of hydrogen-bond acceptors (Lipinski definition) is 4. The molecule has 0 aliphatic rings. The molecule has 6 nitrogen and oxygen atoms in total. The fourth-order valence-corrected chi connectivity index (χ4v) is 2.16. The molecular weight excluding hydrogens is 292 g/mol. The van der Waals surface area contributed by atoms with Gasteiger partial charge in [-0.05, 0) is 36.4 Å². The van der Waals surface area contributed by atoms with Gasteiger partial charge in [0, 0.05) is 24.0 Å². The second-order valence-electron chi connectivity index (χ2n) is 4.81. The molecule has 1 aromatic heterocycles. The van der Waals surface area contributed by atoms with Crippen molar-refractivity contribution < 1.29 is 4.92 Å². The topological polar surface area (TPSA) is 72.5 Å². The van der Waals surface area contributed by atoms with Crippen molar-refractivity contribution >= 4 is 17.6 Å². The first-order valence-corrected chi connectivity index (χ1v) is 7.00. The van der Waals surface area contributed by atoms with Crippen LogP contribution >= 0.6 is 0 Å². The zero-order valence-electron chi connectivity index (χ0n) is 12.2. The third-order valence-corrected chi connectivity index (χ3v) is 3.28. The van der Waals surface area contributed by atoms with Gasteiger partial charge in [-0.15, -0.1) is 0 Å². The van der Waals surface area contributed by atoms with Gasteiger partial charge in [0.1, 0.15) is 0 Å². The van der Waals surface area contributed by atoms with Crippen LogP contribution in [0.25, 0.3) is 5.69 Å². The van der Waals surface area contributed by atoms with E-state index in [0.717, 1.165) is 17.1 Å². The predicted molar refractivity (Wildman–Crippen MR) is 90.1 cm³/mol. The number of anilines is 1. The lowest BCUT2D eigenvalue weighted by molar-refractivity contribution is -0.384. The van der Waals surface area contributed by atoms with E-state index in [-0.39, 0.29) is 5.69 Å². The first-order chi connectivity index (χ1) is 11.2. The number of hydrazone groups is 1. The number of benzene rings is 2. The molecule has 2 aromatic carbocycles. The van der Waals surface area contributed by atoms with Crippen LogP contribution in [0.2, 0.25) is 0 Å². The van der Waals surface area contributed by atoms with Crippen LogP contribution in [0.3, 0.4) is 0 Å². The third kappa shape index (κ3) is 3.44. The Morgan fingerprint density at radius 2 is 1.74 bits per heavy atom. The number of nitrogens with one attached hydrogen (secondary N) is 1. The molecule has 0 aliphatic heterocycles. The van der Waals surface area contributed by atoms with Gasteiger partial charge < -0.3 is 4.57 Å². The van der Waals surface area contributed by atoms with Gasteiger partial charge in [0.05, 0.1) is 22.5 Å². The van der Waals surface area contributed by atoms with Gasteiger partial charge >= 0.3 is 0 Å². The fraction of sp³-hybridized carbons (Fsp3) is 0. The third-order valence-electron chi connectivity index (χ3n) is 3.28. The van der Waals surface area contributed by atoms with E-state index < -0.39 is 4.92 Å². The van der Waals surface area contributed by atoms with Crippen LogP contribution in [-0.2, 0) is 0 Å². The molecule has 3 aromatic rings. The highest BCUT2D eigenvalue weighted by atomic mass is 16.6. The normalized spacial score (nSPS) is 10.8. The van der Waals surface area contributed by atoms with E-state index >= 15 is 0 Å². The Hall–Kier alpha value is -3.41. The van der Waals surface area contributed by atoms with Crippen molar-refractivity contribution in [3.8, 4) is 5.69 Å². The first kappa shape index (κ1) is 14.5. The Bertz CT molecular complexity index is 823. The van der Waals surface area contributed by atoms with E-state index in [4.69, 9.17) is 0 Å². The summed E-state index contributed by atoms with van der Waals surface area (Å²) in [7, 11) is 0. The molecule has 3 rings (SSSR count). The van der Waals surface area contributed by atoms with E-state index in [2.05, 4.69) is 10.5 Å². The zero-order chi connectivity index (χ0) is 16.1. The first-order valence-electron chi connectivity index (χ1n) is 7.00. The largest absolute Gasteiger partial charge is 0.316 e. The minimum atomic E-state index is -0.411. The van der Waals surface area contributed by atoms with E-state index in [1.54, 1.807) is 18.3 Å². The molecule has 0 saturated carbocycles. The SMILES string of the molecule is O=[N+]([O-])c1ccc(-n2cccc2/C=N\Nc2ccccc2)cc1. The molecule has 1 heterocycles. The van der Waals surface area contributed by atoms with Gasteiger partial charge in [0.25, 0.3) is 5.69 Å². The molecule has 0 unspecified atom stereocenters. The van der Waals surface area contributed by atoms with E-state index in [9.17, 15) is 10.1 Å². The maximum Gasteiger partial charge on any atom is 0.269 e. The zero-order valence-corrected chi connectivity index (χ0v) is 12.2. The molecule has 114 valence electrons. The summed E-state index contributed by atoms with van der Waals surface area (Å²) in [6, 6.07) is 19.8. The molecular formula is C17H14N4O2. The molecule has 0 amide bonds. The van der Waals surface area contributed by atoms with Gasteiger partial charge in [-0.1, -0.05) is 18.2 Å². The number of nitro benzene ring substituents is 1. The van der Waals surface area contributed by atoms with Crippen molar-refractivity contribution in [2.45, 2.75) is 0 Å². The maximum absolute atomic E-state index is 10.7. The highest BCUT2D eigenvalue weighted by molar-refractivity contribution is 5.79. The summed E-state index contributed by atoms with van der Waals surface area (Å²) in [5.41, 5.74) is 5.62. The van der Waals surface area contributed by atoms with Crippen LogP contribution in [0.4, 0.5) is 11.4 Å². The van der Waals surface area contributed by atoms with Crippen LogP contribution in [0.1, 0.15) is 5.69 Å². The molecule has 0 radical (unpaired) electrons. The van der Waals surface area contributed by atoms with Gasteiger partial charge in [-0.3, -0.25) is 15.5 Å². The van der Waals surface area contributed by atoms with Crippen LogP contribution in [0.5, 0.6) is 0 Å². The van der Waals surface area contributed by atoms with Crippen molar-refractivity contribution in [3.63, 3.8) is 0 Å². The molecule has 6 heteroatoms. The predicted octanol–water partition coefficient (Wildman–Crippen LogP) is 3.83. The summed E-state index contributed by atoms with van der Waals surface area (Å²) in [6.45, 7) is 0. The molecule has 0 aliphatic carbocycles. The lowest BCUT2D eigenvalue weighted by Gasteiger charge is -2.06. The second-order valence-corrected chi connectivity index (χ2v) is 4.81. The van der Waals surface area contributed by atoms with Crippen molar-refractivity contribution in [2.75, 3.05) is 5.43 Å². The summed E-state index contributed by atoms with van der Waals surface area (Å²) in [5.74, 6) is 0. The Morgan fingerprint density at radius 1 is 1.00 bits per heavy atom. The Morgan fingerprint density at radius 3 is 2.43 bits per heavy atom. The van der Waals surface area contributed by atoms with Crippen molar-refractivity contribution in [3.05, 3.63) is 88.7 Å². The minimum absolute atomic E-state index is 0.0712. The van der Waals surface area contributed by atoms with Crippen LogP contribution in [0.15, 0.2) is 78.0 Å². The Balaban J connectivity index is 1.78. The monoisotopic (exact) mass is 306 g/mol. The number of para-hydroxylation sites is 1. The number of nitro groups is 1.